The molecule has 3 rings (SSSR count). The van der Waals surface area contributed by atoms with E-state index in [1.165, 1.54) is 11.8 Å². The Morgan fingerprint density at radius 3 is 2.27 bits per heavy atom. The first kappa shape index (κ1) is 17.9. The van der Waals surface area contributed by atoms with Gasteiger partial charge in [-0.2, -0.15) is 5.10 Å². The highest BCUT2D eigenvalue weighted by Crippen LogP contribution is 2.22. The van der Waals surface area contributed by atoms with Gasteiger partial charge in [0.15, 0.2) is 0 Å². The summed E-state index contributed by atoms with van der Waals surface area (Å²) in [6, 6.07) is 11.5. The number of nitrogens with zero attached hydrogens (tertiary/aromatic N) is 2. The van der Waals surface area contributed by atoms with Gasteiger partial charge in [-0.05, 0) is 50.1 Å². The van der Waals surface area contributed by atoms with E-state index in [2.05, 4.69) is 44.3 Å². The number of sulfonamides is 1. The molecular formula is C18H21N5O2S. The van der Waals surface area contributed by atoms with E-state index in [1.807, 2.05) is 12.1 Å². The maximum atomic E-state index is 12.5. The number of anilines is 3. The van der Waals surface area contributed by atoms with Crippen molar-refractivity contribution in [1.29, 1.82) is 0 Å². The van der Waals surface area contributed by atoms with E-state index >= 15 is 0 Å². The van der Waals surface area contributed by atoms with Crippen molar-refractivity contribution in [3.63, 3.8) is 0 Å². The maximum absolute atomic E-state index is 12.5. The molecule has 136 valence electrons. The first-order valence-electron chi connectivity index (χ1n) is 8.25. The van der Waals surface area contributed by atoms with Crippen LogP contribution in [0.25, 0.3) is 0 Å². The Kier molecular flexibility index (Phi) is 4.94. The van der Waals surface area contributed by atoms with Gasteiger partial charge in [0, 0.05) is 5.69 Å². The minimum Gasteiger partial charge on any atom is -0.340 e. The number of H-pyrrole nitrogens is 1. The highest BCUT2D eigenvalue weighted by Gasteiger charge is 2.22. The summed E-state index contributed by atoms with van der Waals surface area (Å²) in [6.45, 7) is 5.42. The van der Waals surface area contributed by atoms with Crippen molar-refractivity contribution < 1.29 is 8.42 Å². The second-order valence-corrected chi connectivity index (χ2v) is 7.60. The quantitative estimate of drug-likeness (QED) is 0.615. The number of aromatic nitrogens is 3. The van der Waals surface area contributed by atoms with Crippen LogP contribution in [0.1, 0.15) is 23.9 Å². The number of hydrogen-bond acceptors (Lipinski definition) is 5. The van der Waals surface area contributed by atoms with E-state index in [1.54, 1.807) is 26.0 Å². The summed E-state index contributed by atoms with van der Waals surface area (Å²) in [4.78, 5) is 4.43. The van der Waals surface area contributed by atoms with Gasteiger partial charge < -0.3 is 5.32 Å². The molecule has 0 atom stereocenters. The zero-order chi connectivity index (χ0) is 18.7. The molecule has 0 spiro atoms. The summed E-state index contributed by atoms with van der Waals surface area (Å²) in [7, 11) is -3.71. The fourth-order valence-electron chi connectivity index (χ4n) is 2.64. The molecule has 0 radical (unpaired) electrons. The van der Waals surface area contributed by atoms with Crippen molar-refractivity contribution >= 4 is 27.2 Å². The Balaban J connectivity index is 1.73. The average molecular weight is 371 g/mol. The molecule has 2 aromatic heterocycles. The minimum atomic E-state index is -3.71. The predicted molar refractivity (Wildman–Crippen MR) is 102 cm³/mol. The lowest BCUT2D eigenvalue weighted by Gasteiger charge is -2.10. The number of aryl methyl sites for hydroxylation is 3. The normalized spacial score (nSPS) is 11.3. The standard InChI is InChI=1S/C18H21N5O2S/c1-4-14-5-7-15(8-6-14)20-17-10-9-16(11-19-17)23-26(24,25)18-12(2)21-22-13(18)3/h5-11,23H,4H2,1-3H3,(H,19,20)(H,21,22). The predicted octanol–water partition coefficient (Wildman–Crippen LogP) is 3.53. The first-order chi connectivity index (χ1) is 12.4. The van der Waals surface area contributed by atoms with Crippen LogP contribution in [-0.4, -0.2) is 23.6 Å². The van der Waals surface area contributed by atoms with E-state index in [0.29, 0.717) is 22.9 Å². The van der Waals surface area contributed by atoms with Crippen LogP contribution in [0.5, 0.6) is 0 Å². The van der Waals surface area contributed by atoms with Crippen LogP contribution in [0, 0.1) is 13.8 Å². The van der Waals surface area contributed by atoms with Gasteiger partial charge in [0.2, 0.25) is 0 Å². The van der Waals surface area contributed by atoms with Crippen LogP contribution < -0.4 is 10.0 Å². The maximum Gasteiger partial charge on any atom is 0.265 e. The van der Waals surface area contributed by atoms with E-state index < -0.39 is 10.0 Å². The van der Waals surface area contributed by atoms with Crippen LogP contribution in [-0.2, 0) is 16.4 Å². The second kappa shape index (κ2) is 7.17. The van der Waals surface area contributed by atoms with Crippen molar-refractivity contribution in [2.24, 2.45) is 0 Å². The summed E-state index contributed by atoms with van der Waals surface area (Å²) in [6.07, 6.45) is 2.47. The largest absolute Gasteiger partial charge is 0.340 e. The van der Waals surface area contributed by atoms with Gasteiger partial charge in [-0.1, -0.05) is 19.1 Å². The third kappa shape index (κ3) is 3.85. The second-order valence-electron chi connectivity index (χ2n) is 5.98. The molecule has 0 bridgehead atoms. The Morgan fingerprint density at radius 1 is 1.04 bits per heavy atom. The lowest BCUT2D eigenvalue weighted by molar-refractivity contribution is 0.600. The molecule has 3 aromatic rings. The molecule has 26 heavy (non-hydrogen) atoms. The first-order valence-corrected chi connectivity index (χ1v) is 9.74. The Bertz CT molecular complexity index is 974. The molecule has 0 unspecified atom stereocenters. The molecule has 3 N–H and O–H groups in total. The summed E-state index contributed by atoms with van der Waals surface area (Å²) in [5.41, 5.74) is 3.50. The highest BCUT2D eigenvalue weighted by molar-refractivity contribution is 7.92. The molecule has 1 aromatic carbocycles. The van der Waals surface area contributed by atoms with Crippen molar-refractivity contribution in [2.45, 2.75) is 32.1 Å². The Morgan fingerprint density at radius 2 is 1.73 bits per heavy atom. The lowest BCUT2D eigenvalue weighted by Crippen LogP contribution is -2.14. The molecule has 0 aliphatic carbocycles. The molecular weight excluding hydrogens is 350 g/mol. The summed E-state index contributed by atoms with van der Waals surface area (Å²) in [5.74, 6) is 0.632. The molecule has 0 amide bonds. The topological polar surface area (TPSA) is 99.8 Å². The molecule has 7 nitrogen and oxygen atoms in total. The molecule has 8 heteroatoms. The molecule has 2 heterocycles. The summed E-state index contributed by atoms with van der Waals surface area (Å²) >= 11 is 0. The monoisotopic (exact) mass is 371 g/mol. The van der Waals surface area contributed by atoms with Gasteiger partial charge in [0.05, 0.1) is 23.3 Å². The minimum absolute atomic E-state index is 0.163. The van der Waals surface area contributed by atoms with Gasteiger partial charge >= 0.3 is 0 Å². The molecule has 0 saturated carbocycles. The summed E-state index contributed by atoms with van der Waals surface area (Å²) < 4.78 is 27.6. The molecule has 0 saturated heterocycles. The van der Waals surface area contributed by atoms with Crippen LogP contribution in [0.3, 0.4) is 0 Å². The van der Waals surface area contributed by atoms with Crippen LogP contribution in [0.15, 0.2) is 47.5 Å². The highest BCUT2D eigenvalue weighted by atomic mass is 32.2. The fourth-order valence-corrected chi connectivity index (χ4v) is 4.06. The van der Waals surface area contributed by atoms with Crippen LogP contribution >= 0.6 is 0 Å². The zero-order valence-electron chi connectivity index (χ0n) is 14.9. The fraction of sp³-hybridized carbons (Fsp3) is 0.222. The number of pyridine rings is 1. The molecule has 0 aliphatic rings. The lowest BCUT2D eigenvalue weighted by atomic mass is 10.1. The van der Waals surface area contributed by atoms with E-state index in [9.17, 15) is 8.42 Å². The van der Waals surface area contributed by atoms with Crippen molar-refractivity contribution in [1.82, 2.24) is 15.2 Å². The Hall–Kier alpha value is -2.87. The van der Waals surface area contributed by atoms with Gasteiger partial charge in [-0.25, -0.2) is 13.4 Å². The average Bonchev–Trinajstić information content (AvgIpc) is 2.96. The van der Waals surface area contributed by atoms with Crippen molar-refractivity contribution in [3.8, 4) is 0 Å². The van der Waals surface area contributed by atoms with Crippen LogP contribution in [0.2, 0.25) is 0 Å². The van der Waals surface area contributed by atoms with Gasteiger partial charge in [0.25, 0.3) is 10.0 Å². The van der Waals surface area contributed by atoms with Crippen molar-refractivity contribution in [2.75, 3.05) is 10.0 Å². The number of nitrogens with one attached hydrogen (secondary N) is 3. The molecule has 0 aliphatic heterocycles. The van der Waals surface area contributed by atoms with Gasteiger partial charge in [0.1, 0.15) is 10.7 Å². The van der Waals surface area contributed by atoms with Crippen LogP contribution in [0.4, 0.5) is 17.2 Å². The van der Waals surface area contributed by atoms with E-state index in [0.717, 1.165) is 12.1 Å². The Labute approximate surface area is 152 Å². The number of rotatable bonds is 6. The van der Waals surface area contributed by atoms with E-state index in [4.69, 9.17) is 0 Å². The number of hydrogen-bond donors (Lipinski definition) is 3. The third-order valence-corrected chi connectivity index (χ3v) is 5.62. The third-order valence-electron chi connectivity index (χ3n) is 3.98. The molecule has 0 fully saturated rings. The van der Waals surface area contributed by atoms with E-state index in [-0.39, 0.29) is 4.90 Å². The van der Waals surface area contributed by atoms with Gasteiger partial charge in [-0.3, -0.25) is 9.82 Å². The zero-order valence-corrected chi connectivity index (χ0v) is 15.7. The number of aromatic amines is 1. The van der Waals surface area contributed by atoms with Crippen molar-refractivity contribution in [3.05, 3.63) is 59.5 Å². The number of benzene rings is 1. The van der Waals surface area contributed by atoms with Gasteiger partial charge in [-0.15, -0.1) is 0 Å². The smallest absolute Gasteiger partial charge is 0.265 e. The summed E-state index contributed by atoms with van der Waals surface area (Å²) in [5, 5.41) is 9.79. The SMILES string of the molecule is CCc1ccc(Nc2ccc(NS(=O)(=O)c3c(C)n[nH]c3C)cn2)cc1.